The van der Waals surface area contributed by atoms with Crippen molar-refractivity contribution in [2.75, 3.05) is 5.75 Å². The number of fused-ring (bicyclic) bond motifs is 1. The molecular weight excluding hydrogens is 303 g/mol. The van der Waals surface area contributed by atoms with Gasteiger partial charge in [-0.15, -0.1) is 11.8 Å². The number of carbonyl (C=O) groups excluding carboxylic acids is 2. The Bertz CT molecular complexity index is 741. The van der Waals surface area contributed by atoms with E-state index >= 15 is 0 Å². The van der Waals surface area contributed by atoms with Crippen LogP contribution >= 0.6 is 11.8 Å². The molecule has 1 aliphatic heterocycles. The molecule has 1 aromatic carbocycles. The number of amides is 1. The van der Waals surface area contributed by atoms with Crippen LogP contribution in [0.2, 0.25) is 0 Å². The summed E-state index contributed by atoms with van der Waals surface area (Å²) in [6, 6.07) is 6.23. The first-order valence-corrected chi connectivity index (χ1v) is 7.96. The van der Waals surface area contributed by atoms with E-state index < -0.39 is 0 Å². The Morgan fingerprint density at radius 2 is 2.23 bits per heavy atom. The van der Waals surface area contributed by atoms with Crippen LogP contribution in [0.25, 0.3) is 0 Å². The average Bonchev–Trinajstić information content (AvgIpc) is 2.98. The lowest BCUT2D eigenvalue weighted by molar-refractivity contribution is 0.0930. The number of aromatic nitrogens is 1. The number of benzene rings is 1. The highest BCUT2D eigenvalue weighted by Crippen LogP contribution is 2.37. The van der Waals surface area contributed by atoms with Gasteiger partial charge in [-0.2, -0.15) is 0 Å². The number of ketones is 1. The molecule has 3 rings (SSSR count). The molecular formula is C16H15FN2O2S. The van der Waals surface area contributed by atoms with Crippen LogP contribution < -0.4 is 5.32 Å². The summed E-state index contributed by atoms with van der Waals surface area (Å²) in [5.74, 6) is 0.110. The van der Waals surface area contributed by atoms with E-state index in [2.05, 4.69) is 10.3 Å². The van der Waals surface area contributed by atoms with Gasteiger partial charge in [0.05, 0.1) is 6.04 Å². The normalized spacial score (nSPS) is 16.9. The standard InChI is InChI=1S/C16H15FN2O2S/c1-9(20)10-7-14(18-8-10)16(21)19-13-5-6-22-15-11(13)3-2-4-12(15)17/h2-4,7-8,13,18H,5-6H2,1H3,(H,19,21)/t13-/m1/s1. The van der Waals surface area contributed by atoms with Crippen LogP contribution in [-0.4, -0.2) is 22.4 Å². The fourth-order valence-electron chi connectivity index (χ4n) is 2.50. The molecule has 1 aliphatic rings. The van der Waals surface area contributed by atoms with E-state index in [0.717, 1.165) is 17.7 Å². The minimum atomic E-state index is -0.292. The lowest BCUT2D eigenvalue weighted by atomic mass is 10.0. The molecule has 0 saturated heterocycles. The molecule has 2 N–H and O–H groups in total. The molecule has 0 aliphatic carbocycles. The monoisotopic (exact) mass is 318 g/mol. The van der Waals surface area contributed by atoms with Gasteiger partial charge in [-0.05, 0) is 31.0 Å². The van der Waals surface area contributed by atoms with E-state index in [0.29, 0.717) is 16.2 Å². The molecule has 2 aromatic rings. The van der Waals surface area contributed by atoms with Gasteiger partial charge in [0.1, 0.15) is 11.5 Å². The third kappa shape index (κ3) is 2.78. The van der Waals surface area contributed by atoms with E-state index in [9.17, 15) is 14.0 Å². The third-order valence-electron chi connectivity index (χ3n) is 3.67. The molecule has 0 saturated carbocycles. The topological polar surface area (TPSA) is 62.0 Å². The number of aromatic amines is 1. The molecule has 0 spiro atoms. The second-order valence-corrected chi connectivity index (χ2v) is 6.28. The third-order valence-corrected chi connectivity index (χ3v) is 4.82. The predicted octanol–water partition coefficient (Wildman–Crippen LogP) is 3.32. The number of rotatable bonds is 3. The van der Waals surface area contributed by atoms with Crippen molar-refractivity contribution in [3.05, 3.63) is 53.1 Å². The summed E-state index contributed by atoms with van der Waals surface area (Å²) in [6.07, 6.45) is 2.26. The van der Waals surface area contributed by atoms with Gasteiger partial charge in [0.25, 0.3) is 5.91 Å². The quantitative estimate of drug-likeness (QED) is 0.853. The van der Waals surface area contributed by atoms with Crippen molar-refractivity contribution in [2.24, 2.45) is 0 Å². The van der Waals surface area contributed by atoms with Gasteiger partial charge in [-0.3, -0.25) is 9.59 Å². The van der Waals surface area contributed by atoms with E-state index in [1.807, 2.05) is 6.07 Å². The summed E-state index contributed by atoms with van der Waals surface area (Å²) in [7, 11) is 0. The summed E-state index contributed by atoms with van der Waals surface area (Å²) < 4.78 is 13.8. The van der Waals surface area contributed by atoms with Crippen LogP contribution in [0.1, 0.15) is 45.8 Å². The molecule has 4 nitrogen and oxygen atoms in total. The van der Waals surface area contributed by atoms with Crippen LogP contribution in [0.3, 0.4) is 0 Å². The summed E-state index contributed by atoms with van der Waals surface area (Å²) in [4.78, 5) is 27.0. The molecule has 0 bridgehead atoms. The zero-order chi connectivity index (χ0) is 15.7. The molecule has 114 valence electrons. The number of nitrogens with one attached hydrogen (secondary N) is 2. The molecule has 22 heavy (non-hydrogen) atoms. The van der Waals surface area contributed by atoms with Crippen LogP contribution in [-0.2, 0) is 0 Å². The number of carbonyl (C=O) groups is 2. The predicted molar refractivity (Wildman–Crippen MR) is 82.7 cm³/mol. The van der Waals surface area contributed by atoms with Crippen LogP contribution in [0.15, 0.2) is 35.4 Å². The fraction of sp³-hybridized carbons (Fsp3) is 0.250. The number of hydrogen-bond acceptors (Lipinski definition) is 3. The van der Waals surface area contributed by atoms with E-state index in [-0.39, 0.29) is 23.5 Å². The highest BCUT2D eigenvalue weighted by atomic mass is 32.2. The molecule has 0 unspecified atom stereocenters. The zero-order valence-electron chi connectivity index (χ0n) is 12.0. The van der Waals surface area contributed by atoms with Gasteiger partial charge in [-0.1, -0.05) is 12.1 Å². The fourth-order valence-corrected chi connectivity index (χ4v) is 3.64. The first kappa shape index (κ1) is 14.8. The highest BCUT2D eigenvalue weighted by Gasteiger charge is 2.25. The van der Waals surface area contributed by atoms with Gasteiger partial charge >= 0.3 is 0 Å². The van der Waals surface area contributed by atoms with E-state index in [1.165, 1.54) is 37.0 Å². The Hall–Kier alpha value is -2.08. The maximum Gasteiger partial charge on any atom is 0.268 e. The Labute approximate surface area is 131 Å². The Kier molecular flexibility index (Phi) is 4.02. The maximum absolute atomic E-state index is 13.8. The summed E-state index contributed by atoms with van der Waals surface area (Å²) in [5, 5.41) is 2.91. The molecule has 0 radical (unpaired) electrons. The second-order valence-electron chi connectivity index (χ2n) is 5.18. The lowest BCUT2D eigenvalue weighted by Gasteiger charge is -2.26. The number of Topliss-reactive ketones (excluding diaryl/α,β-unsaturated/α-hetero) is 1. The lowest BCUT2D eigenvalue weighted by Crippen LogP contribution is -2.31. The van der Waals surface area contributed by atoms with Gasteiger partial charge in [0.2, 0.25) is 0 Å². The van der Waals surface area contributed by atoms with Crippen LogP contribution in [0, 0.1) is 5.82 Å². The number of halogens is 1. The van der Waals surface area contributed by atoms with E-state index in [4.69, 9.17) is 0 Å². The average molecular weight is 318 g/mol. The van der Waals surface area contributed by atoms with Crippen LogP contribution in [0.5, 0.6) is 0 Å². The Morgan fingerprint density at radius 3 is 2.95 bits per heavy atom. The molecule has 1 aromatic heterocycles. The smallest absolute Gasteiger partial charge is 0.268 e. The number of thioether (sulfide) groups is 1. The minimum Gasteiger partial charge on any atom is -0.356 e. The molecule has 1 amide bonds. The molecule has 1 atom stereocenters. The first-order valence-electron chi connectivity index (χ1n) is 6.97. The van der Waals surface area contributed by atoms with Crippen molar-refractivity contribution in [3.8, 4) is 0 Å². The zero-order valence-corrected chi connectivity index (χ0v) is 12.8. The van der Waals surface area contributed by atoms with Crippen molar-refractivity contribution >= 4 is 23.5 Å². The first-order chi connectivity index (χ1) is 10.6. The molecule has 2 heterocycles. The van der Waals surface area contributed by atoms with E-state index in [1.54, 1.807) is 6.07 Å². The Balaban J connectivity index is 1.80. The van der Waals surface area contributed by atoms with Gasteiger partial charge < -0.3 is 10.3 Å². The summed E-state index contributed by atoms with van der Waals surface area (Å²) >= 11 is 1.47. The number of H-pyrrole nitrogens is 1. The van der Waals surface area contributed by atoms with Crippen molar-refractivity contribution in [1.29, 1.82) is 0 Å². The van der Waals surface area contributed by atoms with Gasteiger partial charge in [-0.25, -0.2) is 4.39 Å². The summed E-state index contributed by atoms with van der Waals surface area (Å²) in [5.41, 5.74) is 1.61. The van der Waals surface area contributed by atoms with Gasteiger partial charge in [0.15, 0.2) is 5.78 Å². The summed E-state index contributed by atoms with van der Waals surface area (Å²) in [6.45, 7) is 1.45. The maximum atomic E-state index is 13.8. The minimum absolute atomic E-state index is 0.100. The highest BCUT2D eigenvalue weighted by molar-refractivity contribution is 7.99. The van der Waals surface area contributed by atoms with Gasteiger partial charge in [0, 0.05) is 22.4 Å². The van der Waals surface area contributed by atoms with Crippen molar-refractivity contribution in [3.63, 3.8) is 0 Å². The second kappa shape index (κ2) is 5.96. The van der Waals surface area contributed by atoms with Crippen molar-refractivity contribution in [1.82, 2.24) is 10.3 Å². The number of hydrogen-bond donors (Lipinski definition) is 2. The van der Waals surface area contributed by atoms with Crippen molar-refractivity contribution < 1.29 is 14.0 Å². The molecule has 0 fully saturated rings. The SMILES string of the molecule is CC(=O)c1c[nH]c(C(=O)N[C@@H]2CCSc3c(F)cccc32)c1. The van der Waals surface area contributed by atoms with Crippen LogP contribution in [0.4, 0.5) is 4.39 Å². The van der Waals surface area contributed by atoms with Crippen molar-refractivity contribution in [2.45, 2.75) is 24.3 Å². The molecule has 6 heteroatoms. The Morgan fingerprint density at radius 1 is 1.41 bits per heavy atom. The largest absolute Gasteiger partial charge is 0.356 e.